The van der Waals surface area contributed by atoms with Crippen molar-refractivity contribution in [3.63, 3.8) is 0 Å². The highest BCUT2D eigenvalue weighted by atomic mass is 16.6. The van der Waals surface area contributed by atoms with Crippen molar-refractivity contribution in [2.24, 2.45) is 0 Å². The van der Waals surface area contributed by atoms with E-state index in [1.807, 2.05) is 65.7 Å². The molecule has 0 bridgehead atoms. The van der Waals surface area contributed by atoms with Crippen molar-refractivity contribution in [1.29, 1.82) is 0 Å². The number of aliphatic hydroxyl groups is 2. The van der Waals surface area contributed by atoms with Gasteiger partial charge in [-0.05, 0) is 37.3 Å². The van der Waals surface area contributed by atoms with Gasteiger partial charge in [0.1, 0.15) is 12.2 Å². The number of carbonyl (C=O) groups is 3. The number of likely N-dealkylation sites (N-methyl/N-ethyl adjacent to an activating group) is 1. The summed E-state index contributed by atoms with van der Waals surface area (Å²) in [5.74, 6) is -1.11. The number of hydrazine groups is 1. The molecule has 2 aliphatic heterocycles. The van der Waals surface area contributed by atoms with Gasteiger partial charge < -0.3 is 36.2 Å². The Morgan fingerprint density at radius 2 is 1.56 bits per heavy atom. The van der Waals surface area contributed by atoms with Crippen LogP contribution in [0.5, 0.6) is 0 Å². The third-order valence-electron chi connectivity index (χ3n) is 9.16. The number of rotatable bonds is 14. The van der Waals surface area contributed by atoms with Crippen molar-refractivity contribution in [1.82, 2.24) is 45.9 Å². The van der Waals surface area contributed by atoms with Crippen LogP contribution in [0.1, 0.15) is 66.5 Å². The van der Waals surface area contributed by atoms with Crippen LogP contribution in [0.2, 0.25) is 0 Å². The number of benzene rings is 2. The minimum absolute atomic E-state index is 0.0839. The molecule has 0 aliphatic carbocycles. The van der Waals surface area contributed by atoms with Crippen molar-refractivity contribution in [3.8, 4) is 0 Å². The average molecular weight is 715 g/mol. The Kier molecular flexibility index (Phi) is 12.2. The smallest absolute Gasteiger partial charge is 0.329 e. The quantitative estimate of drug-likeness (QED) is 0.0935. The summed E-state index contributed by atoms with van der Waals surface area (Å²) in [6.45, 7) is 4.66. The van der Waals surface area contributed by atoms with Crippen LogP contribution in [0.25, 0.3) is 11.2 Å². The number of carbonyl (C=O) groups excluding carboxylic acids is 3. The van der Waals surface area contributed by atoms with E-state index in [-0.39, 0.29) is 35.8 Å². The molecule has 52 heavy (non-hydrogen) atoms. The van der Waals surface area contributed by atoms with Crippen LogP contribution in [0.4, 0.5) is 10.6 Å². The van der Waals surface area contributed by atoms with Gasteiger partial charge in [0.05, 0.1) is 6.33 Å². The van der Waals surface area contributed by atoms with Gasteiger partial charge in [-0.2, -0.15) is 0 Å². The molecule has 4 heterocycles. The number of hydrogen-bond donors (Lipinski definition) is 7. The average Bonchev–Trinajstić information content (AvgIpc) is 3.72. The molecule has 4 atom stereocenters. The molecule has 4 amide bonds. The van der Waals surface area contributed by atoms with Gasteiger partial charge >= 0.3 is 6.03 Å². The lowest BCUT2D eigenvalue weighted by molar-refractivity contribution is -0.137. The Morgan fingerprint density at radius 3 is 2.23 bits per heavy atom. The molecule has 0 radical (unpaired) electrons. The second kappa shape index (κ2) is 17.4. The van der Waals surface area contributed by atoms with Crippen LogP contribution < -0.4 is 26.7 Å². The number of hydrogen-bond acceptors (Lipinski definition) is 11. The van der Waals surface area contributed by atoms with Gasteiger partial charge in [-0.25, -0.2) is 24.8 Å². The van der Waals surface area contributed by atoms with Crippen molar-refractivity contribution in [2.45, 2.75) is 63.1 Å². The minimum atomic E-state index is -1.51. The van der Waals surface area contributed by atoms with E-state index in [1.54, 1.807) is 6.92 Å². The Bertz CT molecular complexity index is 1760. The zero-order valence-corrected chi connectivity index (χ0v) is 29.1. The number of aromatic nitrogens is 4. The molecular weight excluding hydrogens is 668 g/mol. The second-order valence-electron chi connectivity index (χ2n) is 12.8. The van der Waals surface area contributed by atoms with Crippen LogP contribution in [0.3, 0.4) is 0 Å². The first kappa shape index (κ1) is 36.6. The van der Waals surface area contributed by atoms with Gasteiger partial charge in [-0.3, -0.25) is 19.6 Å². The highest BCUT2D eigenvalue weighted by Crippen LogP contribution is 2.33. The topological polar surface area (TPSA) is 208 Å². The summed E-state index contributed by atoms with van der Waals surface area (Å²) in [6, 6.07) is 19.7. The van der Waals surface area contributed by atoms with Crippen LogP contribution in [0.15, 0.2) is 67.0 Å². The summed E-state index contributed by atoms with van der Waals surface area (Å²) in [7, 11) is 0. The van der Waals surface area contributed by atoms with Crippen molar-refractivity contribution >= 4 is 34.8 Å². The number of nitrogens with one attached hydrogen (secondary N) is 5. The van der Waals surface area contributed by atoms with Gasteiger partial charge in [0.15, 0.2) is 29.3 Å². The zero-order valence-electron chi connectivity index (χ0n) is 29.1. The molecule has 2 saturated heterocycles. The van der Waals surface area contributed by atoms with Crippen LogP contribution in [-0.2, 0) is 9.53 Å². The first-order chi connectivity index (χ1) is 25.3. The lowest BCUT2D eigenvalue weighted by Gasteiger charge is -2.26. The molecule has 0 saturated carbocycles. The Hall–Kier alpha value is -5.16. The molecule has 2 aromatic heterocycles. The molecule has 0 unspecified atom stereocenters. The third kappa shape index (κ3) is 8.65. The highest BCUT2D eigenvalue weighted by molar-refractivity contribution is 5.94. The maximum absolute atomic E-state index is 13.5. The van der Waals surface area contributed by atoms with Crippen LogP contribution in [-0.4, -0.2) is 110 Å². The molecule has 16 nitrogen and oxygen atoms in total. The number of fused-ring (bicyclic) bond motifs is 1. The fourth-order valence-electron chi connectivity index (χ4n) is 6.47. The zero-order chi connectivity index (χ0) is 36.5. The lowest BCUT2D eigenvalue weighted by Crippen LogP contribution is -2.49. The van der Waals surface area contributed by atoms with E-state index in [0.717, 1.165) is 43.5 Å². The normalized spacial score (nSPS) is 20.5. The van der Waals surface area contributed by atoms with E-state index in [4.69, 9.17) is 4.74 Å². The van der Waals surface area contributed by atoms with Gasteiger partial charge in [0.2, 0.25) is 5.82 Å². The first-order valence-corrected chi connectivity index (χ1v) is 17.8. The molecule has 7 N–H and O–H groups in total. The molecule has 2 aliphatic rings. The number of ether oxygens (including phenoxy) is 1. The maximum atomic E-state index is 13.5. The van der Waals surface area contributed by atoms with E-state index in [2.05, 4.69) is 41.6 Å². The van der Waals surface area contributed by atoms with Crippen molar-refractivity contribution in [2.75, 3.05) is 44.6 Å². The largest absolute Gasteiger partial charge is 0.387 e. The Morgan fingerprint density at radius 1 is 0.885 bits per heavy atom. The maximum Gasteiger partial charge on any atom is 0.329 e. The Balaban J connectivity index is 1.22. The molecule has 16 heteroatoms. The van der Waals surface area contributed by atoms with Gasteiger partial charge in [-0.1, -0.05) is 67.1 Å². The van der Waals surface area contributed by atoms with Gasteiger partial charge in [0.25, 0.3) is 11.8 Å². The van der Waals surface area contributed by atoms with E-state index in [1.165, 1.54) is 10.9 Å². The summed E-state index contributed by atoms with van der Waals surface area (Å²) in [5, 5.41) is 35.2. The van der Waals surface area contributed by atoms with Gasteiger partial charge in [0, 0.05) is 45.2 Å². The SMILES string of the molecule is CCNC(=O)[C@H]1O[C@@H](n2cnc3c(NCC(c4ccccc4)c4ccccc4)nc(C(=O)NCCCNC(=O)NN4CCCCC4)nc32)[C@H](O)[C@@H]1O. The first-order valence-electron chi connectivity index (χ1n) is 17.8. The van der Waals surface area contributed by atoms with E-state index >= 15 is 0 Å². The summed E-state index contributed by atoms with van der Waals surface area (Å²) in [4.78, 5) is 52.0. The highest BCUT2D eigenvalue weighted by Gasteiger charge is 2.47. The summed E-state index contributed by atoms with van der Waals surface area (Å²) in [5.41, 5.74) is 5.44. The lowest BCUT2D eigenvalue weighted by atomic mass is 9.91. The molecule has 276 valence electrons. The fourth-order valence-corrected chi connectivity index (χ4v) is 6.47. The molecule has 2 aromatic carbocycles. The number of imidazole rings is 1. The molecule has 4 aromatic rings. The number of nitrogens with zero attached hydrogens (tertiary/aromatic N) is 5. The van der Waals surface area contributed by atoms with Gasteiger partial charge in [-0.15, -0.1) is 0 Å². The van der Waals surface area contributed by atoms with Crippen LogP contribution >= 0.6 is 0 Å². The standard InChI is InChI=1S/C36H46N10O6/c1-2-37-33(49)29-27(47)28(48)35(52-29)46-22-41-26-30(40-21-25(23-13-6-3-7-14-23)24-15-8-4-9-16-24)42-31(43-32(26)46)34(50)38-17-12-18-39-36(51)44-45-19-10-5-11-20-45/h3-4,6-9,13-16,22,25,27-29,35,47-48H,2,5,10-12,17-21H2,1H3,(H,37,49)(H,38,50)(H2,39,44,51)(H,40,42,43)/t27-,28+,29-,35+/m0/s1. The van der Waals surface area contributed by atoms with E-state index in [9.17, 15) is 24.6 Å². The monoisotopic (exact) mass is 714 g/mol. The van der Waals surface area contributed by atoms with E-state index < -0.39 is 36.4 Å². The minimum Gasteiger partial charge on any atom is -0.387 e. The summed E-state index contributed by atoms with van der Waals surface area (Å²) < 4.78 is 7.24. The number of amides is 4. The number of aliphatic hydroxyl groups excluding tert-OH is 2. The van der Waals surface area contributed by atoms with Crippen molar-refractivity contribution in [3.05, 3.63) is 83.9 Å². The Labute approximate surface area is 301 Å². The predicted octanol–water partition coefficient (Wildman–Crippen LogP) is 1.65. The fraction of sp³-hybridized carbons (Fsp3) is 0.444. The number of urea groups is 1. The number of piperidine rings is 1. The molecule has 2 fully saturated rings. The number of anilines is 1. The summed E-state index contributed by atoms with van der Waals surface area (Å²) >= 11 is 0. The third-order valence-corrected chi connectivity index (χ3v) is 9.16. The molecule has 0 spiro atoms. The predicted molar refractivity (Wildman–Crippen MR) is 192 cm³/mol. The molecular formula is C36H46N10O6. The second-order valence-corrected chi connectivity index (χ2v) is 12.8. The summed E-state index contributed by atoms with van der Waals surface area (Å²) in [6.07, 6.45) is -0.464. The van der Waals surface area contributed by atoms with Crippen LogP contribution in [0, 0.1) is 0 Å². The molecule has 6 rings (SSSR count). The van der Waals surface area contributed by atoms with Crippen molar-refractivity contribution < 1.29 is 29.3 Å². The van der Waals surface area contributed by atoms with E-state index in [0.29, 0.717) is 31.6 Å².